The molecule has 0 bridgehead atoms. The number of ether oxygens (including phenoxy) is 1. The van der Waals surface area contributed by atoms with Crippen molar-refractivity contribution in [3.8, 4) is 0 Å². The Morgan fingerprint density at radius 3 is 2.72 bits per heavy atom. The maximum atomic E-state index is 12.1. The predicted molar refractivity (Wildman–Crippen MR) is 63.8 cm³/mol. The molecule has 0 aromatic heterocycles. The molecule has 4 atom stereocenters. The average molecular weight is 256 g/mol. The first-order chi connectivity index (χ1) is 8.45. The minimum absolute atomic E-state index is 0.108. The van der Waals surface area contributed by atoms with E-state index in [-0.39, 0.29) is 31.1 Å². The second kappa shape index (κ2) is 4.85. The monoisotopic (exact) mass is 256 g/mol. The fourth-order valence-electron chi connectivity index (χ4n) is 2.68. The predicted octanol–water partition coefficient (Wildman–Crippen LogP) is -0.280. The van der Waals surface area contributed by atoms with Crippen LogP contribution in [0.2, 0.25) is 0 Å². The van der Waals surface area contributed by atoms with Crippen molar-refractivity contribution in [2.24, 2.45) is 17.1 Å². The summed E-state index contributed by atoms with van der Waals surface area (Å²) < 4.78 is 5.20. The van der Waals surface area contributed by atoms with Gasteiger partial charge in [-0.1, -0.05) is 6.42 Å². The number of hydrogen-bond acceptors (Lipinski definition) is 4. The van der Waals surface area contributed by atoms with Crippen molar-refractivity contribution in [1.29, 1.82) is 0 Å². The van der Waals surface area contributed by atoms with Gasteiger partial charge in [0.25, 0.3) is 0 Å². The lowest BCUT2D eigenvalue weighted by Gasteiger charge is -2.27. The molecule has 0 radical (unpaired) electrons. The zero-order valence-electron chi connectivity index (χ0n) is 10.5. The lowest BCUT2D eigenvalue weighted by Crippen LogP contribution is -2.52. The number of nitrogens with two attached hydrogens (primary N) is 1. The summed E-state index contributed by atoms with van der Waals surface area (Å²) in [6.07, 6.45) is 2.59. The molecule has 1 aliphatic carbocycles. The van der Waals surface area contributed by atoms with Gasteiger partial charge in [0, 0.05) is 6.04 Å². The Labute approximate surface area is 106 Å². The zero-order valence-corrected chi connectivity index (χ0v) is 10.5. The number of hydrogen-bond donors (Lipinski definition) is 3. The number of carbonyl (C=O) groups excluding carboxylic acids is 1. The van der Waals surface area contributed by atoms with Gasteiger partial charge in [0.1, 0.15) is 5.41 Å². The third-order valence-electron chi connectivity index (χ3n) is 4.17. The van der Waals surface area contributed by atoms with E-state index in [4.69, 9.17) is 10.5 Å². The first-order valence-corrected chi connectivity index (χ1v) is 6.32. The van der Waals surface area contributed by atoms with Gasteiger partial charge in [0.15, 0.2) is 0 Å². The van der Waals surface area contributed by atoms with Crippen molar-refractivity contribution >= 4 is 11.9 Å². The Morgan fingerprint density at radius 1 is 1.44 bits per heavy atom. The molecule has 1 amide bonds. The van der Waals surface area contributed by atoms with E-state index in [9.17, 15) is 14.7 Å². The highest BCUT2D eigenvalue weighted by Crippen LogP contribution is 2.30. The molecule has 18 heavy (non-hydrogen) atoms. The van der Waals surface area contributed by atoms with Crippen molar-refractivity contribution in [2.45, 2.75) is 38.3 Å². The summed E-state index contributed by atoms with van der Waals surface area (Å²) in [6.45, 7) is 1.97. The first-order valence-electron chi connectivity index (χ1n) is 6.32. The third kappa shape index (κ3) is 2.22. The Bertz CT molecular complexity index is 360. The highest BCUT2D eigenvalue weighted by molar-refractivity contribution is 5.82. The number of amides is 1. The van der Waals surface area contributed by atoms with Gasteiger partial charge in [-0.25, -0.2) is 0 Å². The van der Waals surface area contributed by atoms with Crippen LogP contribution in [0.15, 0.2) is 0 Å². The molecular formula is C12H20N2O4. The largest absolute Gasteiger partial charge is 0.481 e. The summed E-state index contributed by atoms with van der Waals surface area (Å²) in [5.41, 5.74) is 4.83. The summed E-state index contributed by atoms with van der Waals surface area (Å²) in [5.74, 6) is -1.27. The third-order valence-corrected chi connectivity index (χ3v) is 4.17. The van der Waals surface area contributed by atoms with E-state index in [0.717, 1.165) is 19.3 Å². The number of carbonyl (C=O) groups is 2. The van der Waals surface area contributed by atoms with Crippen LogP contribution in [0, 0.1) is 11.3 Å². The number of nitrogens with one attached hydrogen (secondary N) is 1. The fraction of sp³-hybridized carbons (Fsp3) is 0.833. The number of aliphatic carboxylic acids is 1. The zero-order chi connectivity index (χ0) is 13.3. The van der Waals surface area contributed by atoms with Crippen LogP contribution in [0.1, 0.15) is 26.2 Å². The van der Waals surface area contributed by atoms with Crippen LogP contribution in [0.3, 0.4) is 0 Å². The van der Waals surface area contributed by atoms with Gasteiger partial charge in [-0.05, 0) is 19.8 Å². The molecule has 4 N–H and O–H groups in total. The van der Waals surface area contributed by atoms with Gasteiger partial charge < -0.3 is 20.9 Å². The highest BCUT2D eigenvalue weighted by Gasteiger charge is 2.48. The van der Waals surface area contributed by atoms with Crippen molar-refractivity contribution in [1.82, 2.24) is 5.32 Å². The van der Waals surface area contributed by atoms with Gasteiger partial charge in [0.05, 0.1) is 25.2 Å². The fourth-order valence-corrected chi connectivity index (χ4v) is 2.68. The molecule has 6 heteroatoms. The first kappa shape index (κ1) is 13.3. The molecule has 0 aromatic carbocycles. The maximum Gasteiger partial charge on any atom is 0.313 e. The van der Waals surface area contributed by atoms with E-state index < -0.39 is 17.4 Å². The Balaban J connectivity index is 2.00. The molecule has 102 valence electrons. The van der Waals surface area contributed by atoms with Gasteiger partial charge in [-0.2, -0.15) is 0 Å². The second-order valence-electron chi connectivity index (χ2n) is 5.50. The number of carboxylic acid groups (broad SMARTS) is 1. The quantitative estimate of drug-likeness (QED) is 0.644. The molecule has 1 saturated carbocycles. The van der Waals surface area contributed by atoms with Crippen LogP contribution < -0.4 is 11.1 Å². The molecule has 1 heterocycles. The molecule has 6 nitrogen and oxygen atoms in total. The molecule has 2 fully saturated rings. The summed E-state index contributed by atoms with van der Waals surface area (Å²) in [7, 11) is 0. The molecule has 1 saturated heterocycles. The summed E-state index contributed by atoms with van der Waals surface area (Å²) in [5, 5.41) is 12.0. The number of carboxylic acids is 1. The van der Waals surface area contributed by atoms with Crippen LogP contribution in [0.25, 0.3) is 0 Å². The SMILES string of the molecule is CC1(C(=O)O)COCC1NC(=O)C1CCCC1N. The van der Waals surface area contributed by atoms with Crippen molar-refractivity contribution in [3.63, 3.8) is 0 Å². The molecule has 1 aliphatic heterocycles. The minimum atomic E-state index is -1.04. The molecule has 4 unspecified atom stereocenters. The van der Waals surface area contributed by atoms with Crippen LogP contribution >= 0.6 is 0 Å². The van der Waals surface area contributed by atoms with E-state index in [1.54, 1.807) is 6.92 Å². The maximum absolute atomic E-state index is 12.1. The van der Waals surface area contributed by atoms with Crippen LogP contribution in [0.5, 0.6) is 0 Å². The lowest BCUT2D eigenvalue weighted by molar-refractivity contribution is -0.149. The van der Waals surface area contributed by atoms with Gasteiger partial charge in [-0.15, -0.1) is 0 Å². The Hall–Kier alpha value is -1.14. The molecule has 0 spiro atoms. The summed E-state index contributed by atoms with van der Waals surface area (Å²) in [6, 6.07) is -0.585. The Morgan fingerprint density at radius 2 is 2.17 bits per heavy atom. The van der Waals surface area contributed by atoms with E-state index in [1.807, 2.05) is 0 Å². The van der Waals surface area contributed by atoms with E-state index in [0.29, 0.717) is 0 Å². The second-order valence-corrected chi connectivity index (χ2v) is 5.50. The molecule has 0 aromatic rings. The van der Waals surface area contributed by atoms with Crippen molar-refractivity contribution in [2.75, 3.05) is 13.2 Å². The van der Waals surface area contributed by atoms with Crippen LogP contribution in [-0.2, 0) is 14.3 Å². The average Bonchev–Trinajstić information content (AvgIpc) is 2.87. The summed E-state index contributed by atoms with van der Waals surface area (Å²) >= 11 is 0. The van der Waals surface area contributed by atoms with E-state index in [2.05, 4.69) is 5.32 Å². The smallest absolute Gasteiger partial charge is 0.313 e. The standard InChI is InChI=1S/C12H20N2O4/c1-12(11(16)17)6-18-5-9(12)14-10(15)7-3-2-4-8(7)13/h7-9H,2-6,13H2,1H3,(H,14,15)(H,16,17). The normalized spacial score (nSPS) is 39.8. The van der Waals surface area contributed by atoms with E-state index >= 15 is 0 Å². The van der Waals surface area contributed by atoms with E-state index in [1.165, 1.54) is 0 Å². The van der Waals surface area contributed by atoms with Gasteiger partial charge in [-0.3, -0.25) is 9.59 Å². The summed E-state index contributed by atoms with van der Waals surface area (Å²) in [4.78, 5) is 23.3. The topological polar surface area (TPSA) is 102 Å². The highest BCUT2D eigenvalue weighted by atomic mass is 16.5. The van der Waals surface area contributed by atoms with Crippen molar-refractivity contribution in [3.05, 3.63) is 0 Å². The van der Waals surface area contributed by atoms with Crippen molar-refractivity contribution < 1.29 is 19.4 Å². The minimum Gasteiger partial charge on any atom is -0.481 e. The molecule has 2 aliphatic rings. The van der Waals surface area contributed by atoms with Gasteiger partial charge in [0.2, 0.25) is 5.91 Å². The Kier molecular flexibility index (Phi) is 3.59. The van der Waals surface area contributed by atoms with Crippen LogP contribution in [0.4, 0.5) is 0 Å². The van der Waals surface area contributed by atoms with Crippen LogP contribution in [-0.4, -0.2) is 42.3 Å². The molecule has 2 rings (SSSR count). The molecular weight excluding hydrogens is 236 g/mol. The number of rotatable bonds is 3. The van der Waals surface area contributed by atoms with Gasteiger partial charge >= 0.3 is 5.97 Å². The lowest BCUT2D eigenvalue weighted by atomic mass is 9.85.